The van der Waals surface area contributed by atoms with E-state index in [4.69, 9.17) is 9.47 Å². The van der Waals surface area contributed by atoms with Crippen LogP contribution in [-0.4, -0.2) is 57.2 Å². The molecule has 1 aliphatic carbocycles. The Morgan fingerprint density at radius 3 is 2.52 bits per heavy atom. The zero-order chi connectivity index (χ0) is 22.9. The molecule has 0 spiro atoms. The van der Waals surface area contributed by atoms with Crippen LogP contribution in [0.15, 0.2) is 23.2 Å². The number of rotatable bonds is 10. The minimum absolute atomic E-state index is 0.00556. The van der Waals surface area contributed by atoms with Crippen molar-refractivity contribution in [3.8, 4) is 11.5 Å². The van der Waals surface area contributed by atoms with Crippen LogP contribution in [0.5, 0.6) is 11.5 Å². The van der Waals surface area contributed by atoms with Crippen molar-refractivity contribution in [2.75, 3.05) is 33.8 Å². The third-order valence-electron chi connectivity index (χ3n) is 5.33. The number of benzene rings is 1. The van der Waals surface area contributed by atoms with Gasteiger partial charge in [0.15, 0.2) is 17.5 Å². The van der Waals surface area contributed by atoms with Crippen LogP contribution in [0.4, 0.5) is 8.78 Å². The van der Waals surface area contributed by atoms with Crippen LogP contribution < -0.4 is 20.1 Å². The Balaban J connectivity index is 2.19. The second kappa shape index (κ2) is 11.7. The van der Waals surface area contributed by atoms with E-state index in [9.17, 15) is 13.6 Å². The Bertz CT molecular complexity index is 750. The Kier molecular flexibility index (Phi) is 9.33. The maximum Gasteiger partial charge on any atom is 0.387 e. The average Bonchev–Trinajstić information content (AvgIpc) is 3.21. The summed E-state index contributed by atoms with van der Waals surface area (Å²) in [6.45, 7) is 2.29. The zero-order valence-corrected chi connectivity index (χ0v) is 18.8. The van der Waals surface area contributed by atoms with Crippen LogP contribution in [0.2, 0.25) is 0 Å². The summed E-state index contributed by atoms with van der Waals surface area (Å²) in [5.41, 5.74) is 0.0433. The van der Waals surface area contributed by atoms with E-state index in [2.05, 4.69) is 15.6 Å². The second-order valence-corrected chi connectivity index (χ2v) is 7.79. The number of para-hydroxylation sites is 1. The van der Waals surface area contributed by atoms with Gasteiger partial charge in [0.25, 0.3) is 0 Å². The van der Waals surface area contributed by atoms with Crippen molar-refractivity contribution in [1.82, 2.24) is 15.5 Å². The molecule has 1 aliphatic rings. The quantitative estimate of drug-likeness (QED) is 0.431. The van der Waals surface area contributed by atoms with Crippen molar-refractivity contribution >= 4 is 11.9 Å². The molecule has 0 bridgehead atoms. The van der Waals surface area contributed by atoms with Crippen molar-refractivity contribution in [2.24, 2.45) is 10.4 Å². The zero-order valence-electron chi connectivity index (χ0n) is 18.8. The molecule has 31 heavy (non-hydrogen) atoms. The van der Waals surface area contributed by atoms with Crippen LogP contribution in [0.1, 0.15) is 45.1 Å². The van der Waals surface area contributed by atoms with Gasteiger partial charge in [-0.25, -0.2) is 4.99 Å². The highest BCUT2D eigenvalue weighted by Crippen LogP contribution is 2.39. The first-order valence-electron chi connectivity index (χ1n) is 10.8. The van der Waals surface area contributed by atoms with Gasteiger partial charge in [0.05, 0.1) is 18.6 Å². The minimum atomic E-state index is -2.96. The molecule has 1 fully saturated rings. The molecular weight excluding hydrogens is 406 g/mol. The lowest BCUT2D eigenvalue weighted by molar-refractivity contribution is -0.138. The molecule has 0 atom stereocenters. The van der Waals surface area contributed by atoms with Gasteiger partial charge in [-0.3, -0.25) is 4.79 Å². The summed E-state index contributed by atoms with van der Waals surface area (Å²) in [6.07, 6.45) is 3.71. The fraction of sp³-hybridized carbons (Fsp3) is 0.636. The van der Waals surface area contributed by atoms with Gasteiger partial charge in [-0.05, 0) is 32.8 Å². The highest BCUT2D eigenvalue weighted by molar-refractivity contribution is 5.85. The van der Waals surface area contributed by atoms with E-state index in [0.717, 1.165) is 25.7 Å². The van der Waals surface area contributed by atoms with Gasteiger partial charge in [-0.15, -0.1) is 0 Å². The van der Waals surface area contributed by atoms with Crippen molar-refractivity contribution < 1.29 is 23.0 Å². The standard InChI is InChI=1S/C22H34F2N4O3/c1-5-25-21(27-15-22(12-7-8-13-22)19(29)28(3)4)26-14-16-10-9-11-17(30-6-2)18(16)31-20(23)24/h9-11,20H,5-8,12-15H2,1-4H3,(H2,25,26,27). The van der Waals surface area contributed by atoms with E-state index >= 15 is 0 Å². The molecule has 1 saturated carbocycles. The fourth-order valence-corrected chi connectivity index (χ4v) is 3.93. The molecule has 0 heterocycles. The van der Waals surface area contributed by atoms with Gasteiger partial charge in [0.1, 0.15) is 0 Å². The molecule has 1 aromatic rings. The van der Waals surface area contributed by atoms with Crippen LogP contribution in [-0.2, 0) is 11.3 Å². The molecule has 174 valence electrons. The Morgan fingerprint density at radius 2 is 1.94 bits per heavy atom. The van der Waals surface area contributed by atoms with E-state index in [1.54, 1.807) is 44.1 Å². The smallest absolute Gasteiger partial charge is 0.387 e. The predicted molar refractivity (Wildman–Crippen MR) is 117 cm³/mol. The highest BCUT2D eigenvalue weighted by atomic mass is 19.3. The van der Waals surface area contributed by atoms with Crippen LogP contribution in [0.3, 0.4) is 0 Å². The third-order valence-corrected chi connectivity index (χ3v) is 5.33. The van der Waals surface area contributed by atoms with Crippen molar-refractivity contribution in [2.45, 2.75) is 52.7 Å². The van der Waals surface area contributed by atoms with Crippen molar-refractivity contribution in [3.05, 3.63) is 23.8 Å². The highest BCUT2D eigenvalue weighted by Gasteiger charge is 2.42. The number of aliphatic imine (C=N–C) groups is 1. The van der Waals surface area contributed by atoms with E-state index in [1.165, 1.54) is 0 Å². The molecule has 0 radical (unpaired) electrons. The molecule has 1 aromatic carbocycles. The van der Waals surface area contributed by atoms with E-state index in [1.807, 2.05) is 6.92 Å². The summed E-state index contributed by atoms with van der Waals surface area (Å²) in [5.74, 6) is 0.888. The number of ether oxygens (including phenoxy) is 2. The SMILES string of the molecule is CCNC(=NCc1cccc(OCC)c1OC(F)F)NCC1(C(=O)N(C)C)CCCC1. The number of nitrogens with zero attached hydrogens (tertiary/aromatic N) is 2. The lowest BCUT2D eigenvalue weighted by atomic mass is 9.84. The molecule has 0 aliphatic heterocycles. The predicted octanol–water partition coefficient (Wildman–Crippen LogP) is 3.39. The number of alkyl halides is 2. The molecule has 0 saturated heterocycles. The first-order valence-corrected chi connectivity index (χ1v) is 10.8. The van der Waals surface area contributed by atoms with Gasteiger partial charge in [0.2, 0.25) is 5.91 Å². The summed E-state index contributed by atoms with van der Waals surface area (Å²) in [5, 5.41) is 6.44. The van der Waals surface area contributed by atoms with Crippen LogP contribution in [0, 0.1) is 5.41 Å². The van der Waals surface area contributed by atoms with Crippen molar-refractivity contribution in [3.63, 3.8) is 0 Å². The molecule has 1 amide bonds. The first kappa shape index (κ1) is 24.7. The number of guanidine groups is 1. The summed E-state index contributed by atoms with van der Waals surface area (Å²) in [6, 6.07) is 4.99. The summed E-state index contributed by atoms with van der Waals surface area (Å²) >= 11 is 0. The maximum atomic E-state index is 12.9. The van der Waals surface area contributed by atoms with Gasteiger partial charge in [0, 0.05) is 32.7 Å². The lowest BCUT2D eigenvalue weighted by Crippen LogP contribution is -2.49. The number of halogens is 2. The van der Waals surface area contributed by atoms with E-state index < -0.39 is 12.0 Å². The minimum Gasteiger partial charge on any atom is -0.490 e. The number of hydrogen-bond acceptors (Lipinski definition) is 4. The maximum absolute atomic E-state index is 12.9. The monoisotopic (exact) mass is 440 g/mol. The molecule has 7 nitrogen and oxygen atoms in total. The summed E-state index contributed by atoms with van der Waals surface area (Å²) in [4.78, 5) is 19.0. The van der Waals surface area contributed by atoms with Gasteiger partial charge in [-0.1, -0.05) is 25.0 Å². The lowest BCUT2D eigenvalue weighted by Gasteiger charge is -2.31. The van der Waals surface area contributed by atoms with Crippen LogP contribution >= 0.6 is 0 Å². The van der Waals surface area contributed by atoms with Gasteiger partial charge < -0.3 is 25.0 Å². The molecular formula is C22H34F2N4O3. The Morgan fingerprint density at radius 1 is 1.23 bits per heavy atom. The summed E-state index contributed by atoms with van der Waals surface area (Å²) < 4.78 is 36.0. The molecule has 2 N–H and O–H groups in total. The van der Waals surface area contributed by atoms with E-state index in [-0.39, 0.29) is 24.0 Å². The first-order chi connectivity index (χ1) is 14.8. The number of carbonyl (C=O) groups excluding carboxylic acids is 1. The number of hydrogen-bond donors (Lipinski definition) is 2. The number of carbonyl (C=O) groups is 1. The molecule has 0 unspecified atom stereocenters. The Labute approximate surface area is 183 Å². The molecule has 0 aromatic heterocycles. The number of amides is 1. The largest absolute Gasteiger partial charge is 0.490 e. The summed E-state index contributed by atoms with van der Waals surface area (Å²) in [7, 11) is 3.55. The van der Waals surface area contributed by atoms with Crippen LogP contribution in [0.25, 0.3) is 0 Å². The topological polar surface area (TPSA) is 75.2 Å². The average molecular weight is 441 g/mol. The second-order valence-electron chi connectivity index (χ2n) is 7.79. The van der Waals surface area contributed by atoms with Gasteiger partial charge >= 0.3 is 6.61 Å². The third kappa shape index (κ3) is 6.70. The molecule has 9 heteroatoms. The fourth-order valence-electron chi connectivity index (χ4n) is 3.93. The Hall–Kier alpha value is -2.58. The normalized spacial score (nSPS) is 15.6. The van der Waals surface area contributed by atoms with E-state index in [0.29, 0.717) is 31.2 Å². The van der Waals surface area contributed by atoms with Gasteiger partial charge in [-0.2, -0.15) is 8.78 Å². The number of nitrogens with one attached hydrogen (secondary N) is 2. The van der Waals surface area contributed by atoms with Crippen molar-refractivity contribution in [1.29, 1.82) is 0 Å². The molecule has 2 rings (SSSR count).